The van der Waals surface area contributed by atoms with E-state index in [1.165, 1.54) is 32.2 Å². The summed E-state index contributed by atoms with van der Waals surface area (Å²) in [5.74, 6) is -0.465. The number of aromatic hydroxyl groups is 2. The van der Waals surface area contributed by atoms with Gasteiger partial charge in [0.25, 0.3) is 0 Å². The minimum absolute atomic E-state index is 0.0499. The summed E-state index contributed by atoms with van der Waals surface area (Å²) in [6, 6.07) is 7.03. The van der Waals surface area contributed by atoms with Gasteiger partial charge in [0.05, 0.1) is 19.6 Å². The normalized spacial score (nSPS) is 29.7. The van der Waals surface area contributed by atoms with Gasteiger partial charge in [0.2, 0.25) is 6.29 Å². The standard InChI is InChI=1S/C22H24O10/c1-9-19(26)20(27)21(28)22(30-9)32-17-7-11(23)6-16-18(17)13(25)8-14(31-16)10-3-4-12(24)15(5-10)29-2/h3-7,9,14,19-24,26-28H,8H2,1-2H3/t9?,14-,19-,20-,21?,22-/m0/s1. The minimum atomic E-state index is -1.59. The van der Waals surface area contributed by atoms with Gasteiger partial charge in [-0.2, -0.15) is 0 Å². The molecule has 0 aromatic heterocycles. The molecule has 172 valence electrons. The van der Waals surface area contributed by atoms with Crippen molar-refractivity contribution >= 4 is 5.78 Å². The second-order valence-electron chi connectivity index (χ2n) is 7.78. The van der Waals surface area contributed by atoms with Crippen molar-refractivity contribution in [1.82, 2.24) is 0 Å². The highest BCUT2D eigenvalue weighted by Crippen LogP contribution is 2.44. The first kappa shape index (κ1) is 22.2. The van der Waals surface area contributed by atoms with Crippen molar-refractivity contribution in [2.24, 2.45) is 0 Å². The smallest absolute Gasteiger partial charge is 0.229 e. The zero-order valence-electron chi connectivity index (χ0n) is 17.3. The number of aliphatic hydroxyl groups excluding tert-OH is 3. The summed E-state index contributed by atoms with van der Waals surface area (Å²) in [6.07, 6.45) is -7.40. The van der Waals surface area contributed by atoms with E-state index in [-0.39, 0.29) is 46.5 Å². The van der Waals surface area contributed by atoms with Crippen molar-refractivity contribution in [3.63, 3.8) is 0 Å². The molecule has 1 fully saturated rings. The monoisotopic (exact) mass is 448 g/mol. The largest absolute Gasteiger partial charge is 0.508 e. The molecule has 1 saturated heterocycles. The average Bonchev–Trinajstić information content (AvgIpc) is 2.75. The molecule has 0 bridgehead atoms. The van der Waals surface area contributed by atoms with Crippen LogP contribution < -0.4 is 14.2 Å². The van der Waals surface area contributed by atoms with E-state index in [2.05, 4.69) is 0 Å². The summed E-state index contributed by atoms with van der Waals surface area (Å²) in [6.45, 7) is 1.50. The lowest BCUT2D eigenvalue weighted by atomic mass is 9.95. The lowest BCUT2D eigenvalue weighted by molar-refractivity contribution is -0.268. The first-order valence-electron chi connectivity index (χ1n) is 9.99. The third-order valence-electron chi connectivity index (χ3n) is 5.60. The summed E-state index contributed by atoms with van der Waals surface area (Å²) in [7, 11) is 1.40. The van der Waals surface area contributed by atoms with E-state index in [0.29, 0.717) is 5.56 Å². The highest BCUT2D eigenvalue weighted by atomic mass is 16.7. The van der Waals surface area contributed by atoms with Crippen LogP contribution in [-0.2, 0) is 4.74 Å². The Kier molecular flexibility index (Phi) is 5.87. The molecule has 0 aliphatic carbocycles. The van der Waals surface area contributed by atoms with Gasteiger partial charge in [-0.25, -0.2) is 0 Å². The molecule has 2 aliphatic heterocycles. The molecule has 2 heterocycles. The van der Waals surface area contributed by atoms with Gasteiger partial charge in [-0.1, -0.05) is 6.07 Å². The van der Waals surface area contributed by atoms with E-state index >= 15 is 0 Å². The SMILES string of the molecule is COc1cc([C@@H]2CC(=O)c3c(O[C@@H]4OC(C)[C@H](O)[C@H](O)C4O)cc(O)cc3O2)ccc1O. The van der Waals surface area contributed by atoms with Crippen molar-refractivity contribution in [3.8, 4) is 28.7 Å². The maximum atomic E-state index is 13.0. The maximum absolute atomic E-state index is 13.0. The second kappa shape index (κ2) is 8.47. The molecule has 0 saturated carbocycles. The number of aliphatic hydroxyl groups is 3. The van der Waals surface area contributed by atoms with Gasteiger partial charge in [0, 0.05) is 12.1 Å². The lowest BCUT2D eigenvalue weighted by Gasteiger charge is -2.39. The average molecular weight is 448 g/mol. The van der Waals surface area contributed by atoms with Crippen molar-refractivity contribution < 1.29 is 49.3 Å². The lowest BCUT2D eigenvalue weighted by Crippen LogP contribution is -2.58. The Bertz CT molecular complexity index is 1020. The molecule has 2 aromatic carbocycles. The predicted octanol–water partition coefficient (Wildman–Crippen LogP) is 1.02. The summed E-state index contributed by atoms with van der Waals surface area (Å²) in [5, 5.41) is 50.0. The zero-order chi connectivity index (χ0) is 23.2. The number of carbonyl (C=O) groups excluding carboxylic acids is 1. The van der Waals surface area contributed by atoms with Gasteiger partial charge in [-0.05, 0) is 24.6 Å². The number of ketones is 1. The van der Waals surface area contributed by atoms with Gasteiger partial charge >= 0.3 is 0 Å². The summed E-state index contributed by atoms with van der Waals surface area (Å²) < 4.78 is 22.1. The quantitative estimate of drug-likeness (QED) is 0.458. The van der Waals surface area contributed by atoms with Crippen molar-refractivity contribution in [2.75, 3.05) is 7.11 Å². The van der Waals surface area contributed by atoms with Gasteiger partial charge in [0.1, 0.15) is 47.2 Å². The number of ether oxygens (including phenoxy) is 4. The van der Waals surface area contributed by atoms with E-state index in [1.54, 1.807) is 12.1 Å². The van der Waals surface area contributed by atoms with Crippen LogP contribution in [0.15, 0.2) is 30.3 Å². The second-order valence-corrected chi connectivity index (χ2v) is 7.78. The van der Waals surface area contributed by atoms with Crippen LogP contribution in [0.2, 0.25) is 0 Å². The molecular weight excluding hydrogens is 424 g/mol. The fourth-order valence-electron chi connectivity index (χ4n) is 3.82. The van der Waals surface area contributed by atoms with Crippen LogP contribution in [0.3, 0.4) is 0 Å². The molecule has 5 N–H and O–H groups in total. The van der Waals surface area contributed by atoms with E-state index in [1.807, 2.05) is 0 Å². The van der Waals surface area contributed by atoms with E-state index in [9.17, 15) is 30.3 Å². The number of phenols is 2. The highest BCUT2D eigenvalue weighted by molar-refractivity contribution is 6.02. The highest BCUT2D eigenvalue weighted by Gasteiger charge is 2.44. The molecule has 0 spiro atoms. The van der Waals surface area contributed by atoms with Crippen molar-refractivity contribution in [2.45, 2.75) is 50.2 Å². The molecular formula is C22H24O10. The first-order valence-corrected chi connectivity index (χ1v) is 9.99. The molecule has 10 heteroatoms. The van der Waals surface area contributed by atoms with E-state index < -0.39 is 36.8 Å². The number of methoxy groups -OCH3 is 1. The fourth-order valence-corrected chi connectivity index (χ4v) is 3.82. The number of hydrogen-bond acceptors (Lipinski definition) is 10. The number of carbonyl (C=O) groups is 1. The minimum Gasteiger partial charge on any atom is -0.508 e. The number of phenolic OH excluding ortho intramolecular Hbond substituents is 2. The number of rotatable bonds is 4. The Morgan fingerprint density at radius 1 is 1.00 bits per heavy atom. The van der Waals surface area contributed by atoms with Crippen LogP contribution in [-0.4, -0.2) is 69.1 Å². The Morgan fingerprint density at radius 3 is 2.47 bits per heavy atom. The van der Waals surface area contributed by atoms with Crippen LogP contribution in [0.25, 0.3) is 0 Å². The Hall–Kier alpha value is -3.05. The van der Waals surface area contributed by atoms with Gasteiger partial charge in [-0.15, -0.1) is 0 Å². The third kappa shape index (κ3) is 3.93. The van der Waals surface area contributed by atoms with Crippen LogP contribution in [0.1, 0.15) is 35.4 Å². The molecule has 10 nitrogen and oxygen atoms in total. The Morgan fingerprint density at radius 2 is 1.75 bits per heavy atom. The van der Waals surface area contributed by atoms with Crippen LogP contribution in [0.5, 0.6) is 28.7 Å². The molecule has 4 rings (SSSR count). The number of fused-ring (bicyclic) bond motifs is 1. The number of Topliss-reactive ketones (excluding diaryl/α,β-unsaturated/α-hetero) is 1. The van der Waals surface area contributed by atoms with E-state index in [4.69, 9.17) is 18.9 Å². The van der Waals surface area contributed by atoms with Gasteiger partial charge < -0.3 is 44.5 Å². The zero-order valence-corrected chi connectivity index (χ0v) is 17.3. The summed E-state index contributed by atoms with van der Waals surface area (Å²) >= 11 is 0. The molecule has 0 radical (unpaired) electrons. The first-order chi connectivity index (χ1) is 15.2. The summed E-state index contributed by atoms with van der Waals surface area (Å²) in [4.78, 5) is 13.0. The maximum Gasteiger partial charge on any atom is 0.229 e. The van der Waals surface area contributed by atoms with Gasteiger partial charge in [0.15, 0.2) is 17.3 Å². The summed E-state index contributed by atoms with van der Waals surface area (Å²) in [5.41, 5.74) is 0.635. The van der Waals surface area contributed by atoms with E-state index in [0.717, 1.165) is 0 Å². The number of benzene rings is 2. The third-order valence-corrected chi connectivity index (χ3v) is 5.60. The Balaban J connectivity index is 1.64. The molecule has 32 heavy (non-hydrogen) atoms. The molecule has 2 aliphatic rings. The van der Waals surface area contributed by atoms with Crippen molar-refractivity contribution in [3.05, 3.63) is 41.5 Å². The molecule has 2 aromatic rings. The molecule has 2 unspecified atom stereocenters. The predicted molar refractivity (Wildman–Crippen MR) is 108 cm³/mol. The fraction of sp³-hybridized carbons (Fsp3) is 0.409. The number of hydrogen-bond donors (Lipinski definition) is 5. The molecule has 6 atom stereocenters. The van der Waals surface area contributed by atoms with Crippen LogP contribution >= 0.6 is 0 Å². The van der Waals surface area contributed by atoms with Crippen molar-refractivity contribution in [1.29, 1.82) is 0 Å². The Labute approximate surface area is 183 Å². The van der Waals surface area contributed by atoms with Gasteiger partial charge in [-0.3, -0.25) is 4.79 Å². The molecule has 0 amide bonds. The van der Waals surface area contributed by atoms with Crippen LogP contribution in [0, 0.1) is 0 Å². The topological polar surface area (TPSA) is 155 Å². The van der Waals surface area contributed by atoms with Crippen LogP contribution in [0.4, 0.5) is 0 Å².